The summed E-state index contributed by atoms with van der Waals surface area (Å²) in [6.45, 7) is 10.9. The van der Waals surface area contributed by atoms with Gasteiger partial charge in [0.15, 0.2) is 9.04 Å². The summed E-state index contributed by atoms with van der Waals surface area (Å²) in [5.41, 5.74) is 1.78. The predicted molar refractivity (Wildman–Crippen MR) is 100 cm³/mol. The van der Waals surface area contributed by atoms with Crippen LogP contribution >= 0.6 is 11.6 Å². The van der Waals surface area contributed by atoms with Crippen LogP contribution in [0.3, 0.4) is 0 Å². The van der Waals surface area contributed by atoms with Crippen molar-refractivity contribution in [2.75, 3.05) is 0 Å². The lowest BCUT2D eigenvalue weighted by Gasteiger charge is -2.30. The Bertz CT molecular complexity index is 848. The van der Waals surface area contributed by atoms with E-state index < -0.39 is 9.04 Å². The van der Waals surface area contributed by atoms with Crippen molar-refractivity contribution in [1.82, 2.24) is 9.38 Å². The summed E-state index contributed by atoms with van der Waals surface area (Å²) in [4.78, 5) is 4.23. The first-order valence-corrected chi connectivity index (χ1v) is 11.3. The average molecular weight is 363 g/mol. The van der Waals surface area contributed by atoms with E-state index >= 15 is 0 Å². The summed E-state index contributed by atoms with van der Waals surface area (Å²) < 4.78 is 14.3. The van der Waals surface area contributed by atoms with Crippen LogP contribution in [-0.4, -0.2) is 18.4 Å². The summed E-state index contributed by atoms with van der Waals surface area (Å²) in [6.07, 6.45) is 3.72. The number of aromatic nitrogens is 2. The maximum Gasteiger partial charge on any atom is 0.172 e. The minimum atomic E-state index is -1.18. The van der Waals surface area contributed by atoms with Crippen molar-refractivity contribution >= 4 is 26.3 Å². The number of hydrogen-bond acceptors (Lipinski definition) is 3. The fourth-order valence-corrected chi connectivity index (χ4v) is 4.00. The molecule has 0 spiro atoms. The lowest BCUT2D eigenvalue weighted by Crippen LogP contribution is -2.25. The molecule has 6 heteroatoms. The molecule has 0 saturated carbocycles. The molecule has 3 aromatic heterocycles. The molecular weight excluding hydrogens is 340 g/mol. The van der Waals surface area contributed by atoms with Crippen LogP contribution in [0.4, 0.5) is 0 Å². The monoisotopic (exact) mass is 362 g/mol. The largest absolute Gasteiger partial charge is 0.458 e. The summed E-state index contributed by atoms with van der Waals surface area (Å²) in [5, 5.41) is 0.482. The second kappa shape index (κ2) is 6.39. The van der Waals surface area contributed by atoms with Gasteiger partial charge < -0.3 is 13.2 Å². The molecule has 0 aromatic carbocycles. The maximum atomic E-state index is 6.24. The van der Waals surface area contributed by atoms with Crippen LogP contribution in [0.1, 0.15) is 32.6 Å². The van der Waals surface area contributed by atoms with Gasteiger partial charge in [-0.1, -0.05) is 32.4 Å². The number of imidazole rings is 1. The molecule has 0 bridgehead atoms. The molecular formula is C18H23ClN2O2Si. The molecule has 4 nitrogen and oxygen atoms in total. The van der Waals surface area contributed by atoms with Gasteiger partial charge in [-0.2, -0.15) is 0 Å². The Morgan fingerprint density at radius 2 is 1.92 bits per heavy atom. The first-order valence-electron chi connectivity index (χ1n) is 8.14. The van der Waals surface area contributed by atoms with E-state index in [1.165, 1.54) is 0 Å². The smallest absolute Gasteiger partial charge is 0.172 e. The Morgan fingerprint density at radius 1 is 1.17 bits per heavy atom. The highest BCUT2D eigenvalue weighted by molar-refractivity contribution is 6.48. The van der Waals surface area contributed by atoms with E-state index in [2.05, 4.69) is 38.8 Å². The molecule has 0 saturated heterocycles. The summed E-state index contributed by atoms with van der Waals surface area (Å²) in [7, 11) is -1.18. The van der Waals surface area contributed by atoms with Gasteiger partial charge in [0.2, 0.25) is 0 Å². The van der Waals surface area contributed by atoms with Crippen LogP contribution in [0.25, 0.3) is 17.0 Å². The van der Waals surface area contributed by atoms with Crippen molar-refractivity contribution in [3.8, 4) is 11.3 Å². The fourth-order valence-electron chi connectivity index (χ4n) is 2.73. The van der Waals surface area contributed by atoms with Gasteiger partial charge in [0.25, 0.3) is 0 Å². The van der Waals surface area contributed by atoms with Crippen molar-refractivity contribution in [2.24, 2.45) is 5.41 Å². The lowest BCUT2D eigenvalue weighted by atomic mass is 9.88. The van der Waals surface area contributed by atoms with Crippen molar-refractivity contribution < 1.29 is 8.84 Å². The minimum Gasteiger partial charge on any atom is -0.458 e. The Kier molecular flexibility index (Phi) is 4.60. The molecule has 0 aliphatic rings. The zero-order chi connectivity index (χ0) is 17.5. The van der Waals surface area contributed by atoms with Gasteiger partial charge in [-0.3, -0.25) is 0 Å². The minimum absolute atomic E-state index is 0.0196. The van der Waals surface area contributed by atoms with Crippen molar-refractivity contribution in [3.05, 3.63) is 47.6 Å². The zero-order valence-electron chi connectivity index (χ0n) is 14.7. The number of rotatable bonds is 4. The first kappa shape index (κ1) is 17.3. The second-order valence-electron chi connectivity index (χ2n) is 7.38. The van der Waals surface area contributed by atoms with E-state index in [9.17, 15) is 0 Å². The molecule has 0 fully saturated rings. The van der Waals surface area contributed by atoms with E-state index in [-0.39, 0.29) is 11.5 Å². The van der Waals surface area contributed by atoms with Crippen LogP contribution in [0.2, 0.25) is 18.2 Å². The molecule has 3 heterocycles. The van der Waals surface area contributed by atoms with Gasteiger partial charge in [0.1, 0.15) is 28.4 Å². The van der Waals surface area contributed by atoms with Crippen molar-refractivity contribution in [2.45, 2.75) is 40.0 Å². The van der Waals surface area contributed by atoms with E-state index in [1.807, 2.05) is 34.9 Å². The number of nitrogens with zero attached hydrogens (tertiary/aromatic N) is 2. The molecule has 1 unspecified atom stereocenters. The summed E-state index contributed by atoms with van der Waals surface area (Å²) in [6, 6.07) is 7.94. The standard InChI is InChI=1S/C18H23ClN2O2Si/c1-18(2,3)17(23-24(4)5)14-8-7-13(22-14)12-6-9-16-20-15(19)11-21(16)10-12/h6-11,17,24H,1-5H3. The number of furan rings is 1. The molecule has 0 aliphatic heterocycles. The predicted octanol–water partition coefficient (Wildman–Crippen LogP) is 5.33. The number of hydrogen-bond donors (Lipinski definition) is 0. The highest BCUT2D eigenvalue weighted by atomic mass is 35.5. The van der Waals surface area contributed by atoms with Gasteiger partial charge in [0, 0.05) is 18.0 Å². The Hall–Kier alpha value is -1.56. The maximum absolute atomic E-state index is 6.24. The van der Waals surface area contributed by atoms with Gasteiger partial charge in [-0.15, -0.1) is 0 Å². The quantitative estimate of drug-likeness (QED) is 0.588. The first-order chi connectivity index (χ1) is 11.2. The number of fused-ring (bicyclic) bond motifs is 1. The summed E-state index contributed by atoms with van der Waals surface area (Å²) >= 11 is 5.96. The molecule has 128 valence electrons. The van der Waals surface area contributed by atoms with Crippen LogP contribution in [0.5, 0.6) is 0 Å². The van der Waals surface area contributed by atoms with Crippen LogP contribution in [-0.2, 0) is 4.43 Å². The molecule has 0 aliphatic carbocycles. The van der Waals surface area contributed by atoms with Crippen LogP contribution in [0.15, 0.2) is 41.1 Å². The molecule has 0 amide bonds. The van der Waals surface area contributed by atoms with Gasteiger partial charge in [0.05, 0.1) is 0 Å². The molecule has 0 N–H and O–H groups in total. The van der Waals surface area contributed by atoms with Crippen molar-refractivity contribution in [3.63, 3.8) is 0 Å². The third kappa shape index (κ3) is 3.58. The Balaban J connectivity index is 1.95. The topological polar surface area (TPSA) is 39.7 Å². The highest BCUT2D eigenvalue weighted by Gasteiger charge is 2.30. The number of pyridine rings is 1. The Labute approximate surface area is 149 Å². The van der Waals surface area contributed by atoms with E-state index in [4.69, 9.17) is 20.4 Å². The SMILES string of the molecule is C[SiH](C)OC(c1ccc(-c2ccc3nc(Cl)cn3c2)o1)C(C)(C)C. The molecule has 0 radical (unpaired) electrons. The molecule has 3 rings (SSSR count). The average Bonchev–Trinajstić information content (AvgIpc) is 3.07. The number of halogens is 1. The van der Waals surface area contributed by atoms with E-state index in [0.29, 0.717) is 5.15 Å². The van der Waals surface area contributed by atoms with Crippen molar-refractivity contribution in [1.29, 1.82) is 0 Å². The third-order valence-corrected chi connectivity index (χ3v) is 4.78. The fraction of sp³-hybridized carbons (Fsp3) is 0.389. The summed E-state index contributed by atoms with van der Waals surface area (Å²) in [5.74, 6) is 1.70. The third-order valence-electron chi connectivity index (χ3n) is 3.79. The van der Waals surface area contributed by atoms with Gasteiger partial charge in [-0.25, -0.2) is 4.98 Å². The molecule has 3 aromatic rings. The van der Waals surface area contributed by atoms with Crippen LogP contribution < -0.4 is 0 Å². The normalized spacial score (nSPS) is 13.8. The van der Waals surface area contributed by atoms with E-state index in [1.54, 1.807) is 6.20 Å². The Morgan fingerprint density at radius 3 is 2.58 bits per heavy atom. The molecule has 24 heavy (non-hydrogen) atoms. The van der Waals surface area contributed by atoms with E-state index in [0.717, 1.165) is 22.7 Å². The lowest BCUT2D eigenvalue weighted by molar-refractivity contribution is 0.0668. The van der Waals surface area contributed by atoms with Gasteiger partial charge in [-0.05, 0) is 42.8 Å². The second-order valence-corrected chi connectivity index (χ2v) is 10.1. The van der Waals surface area contributed by atoms with Crippen LogP contribution in [0, 0.1) is 5.41 Å². The van der Waals surface area contributed by atoms with Gasteiger partial charge >= 0.3 is 0 Å². The highest BCUT2D eigenvalue weighted by Crippen LogP contribution is 2.38. The molecule has 1 atom stereocenters. The zero-order valence-corrected chi connectivity index (χ0v) is 16.6.